The van der Waals surface area contributed by atoms with Crippen LogP contribution in [0.5, 0.6) is 0 Å². The number of fused-ring (bicyclic) bond motifs is 1. The van der Waals surface area contributed by atoms with E-state index in [1.807, 2.05) is 26.8 Å². The minimum absolute atomic E-state index is 0.0734. The summed E-state index contributed by atoms with van der Waals surface area (Å²) in [5.41, 5.74) is 1.16. The monoisotopic (exact) mass is 219 g/mol. The predicted molar refractivity (Wildman–Crippen MR) is 60.6 cm³/mol. The maximum atomic E-state index is 11.8. The minimum atomic E-state index is -0.210. The molecule has 2 aromatic rings. The molecule has 2 N–H and O–H groups in total. The van der Waals surface area contributed by atoms with Crippen LogP contribution in [0.1, 0.15) is 26.3 Å². The van der Waals surface area contributed by atoms with E-state index in [4.69, 9.17) is 0 Å². The van der Waals surface area contributed by atoms with Crippen molar-refractivity contribution in [3.8, 4) is 0 Å². The lowest BCUT2D eigenvalue weighted by Gasteiger charge is -2.17. The smallest absolute Gasteiger partial charge is 0.252 e. The predicted octanol–water partition coefficient (Wildman–Crippen LogP) is 1.35. The highest BCUT2D eigenvalue weighted by Crippen LogP contribution is 2.20. The van der Waals surface area contributed by atoms with Gasteiger partial charge in [0.15, 0.2) is 0 Å². The first-order valence-electron chi connectivity index (χ1n) is 5.16. The molecule has 0 unspecified atom stereocenters. The molecule has 0 aliphatic rings. The molecule has 0 aromatic carbocycles. The molecule has 0 spiro atoms. The number of hydrogen-bond acceptors (Lipinski definition) is 2. The van der Waals surface area contributed by atoms with Gasteiger partial charge in [0.2, 0.25) is 12.4 Å². The molecule has 0 amide bonds. The average Bonchev–Trinajstić information content (AvgIpc) is 2.16. The first-order chi connectivity index (χ1) is 7.38. The Balaban J connectivity index is 2.79. The number of rotatable bonds is 0. The summed E-state index contributed by atoms with van der Waals surface area (Å²) in [6, 6.07) is 3.49. The Morgan fingerprint density at radius 1 is 1.38 bits per heavy atom. The molecule has 2 rings (SSSR count). The molecule has 0 saturated heterocycles. The molecule has 0 atom stereocenters. The molecule has 0 radical (unpaired) electrons. The van der Waals surface area contributed by atoms with E-state index >= 15 is 0 Å². The summed E-state index contributed by atoms with van der Waals surface area (Å²) < 4.78 is 0.979. The SMILES string of the molecule is CC(C)(C)c1cc2c[n+](O)ccc2[nH]c1=O. The molecule has 0 bridgehead atoms. The second kappa shape index (κ2) is 3.33. The zero-order valence-electron chi connectivity index (χ0n) is 9.61. The Kier molecular flexibility index (Phi) is 2.22. The number of H-pyrrole nitrogens is 1. The maximum absolute atomic E-state index is 11.8. The molecule has 2 heterocycles. The standard InChI is InChI=1S/C12H14N2O2/c1-12(2,3)9-6-8-7-14(16)5-4-10(8)13-11(9)15/h4-7,16H,1-3H3/p+1. The summed E-state index contributed by atoms with van der Waals surface area (Å²) in [5, 5.41) is 10.1. The van der Waals surface area contributed by atoms with Crippen LogP contribution >= 0.6 is 0 Å². The van der Waals surface area contributed by atoms with Crippen molar-refractivity contribution in [2.75, 3.05) is 0 Å². The third-order valence-electron chi connectivity index (χ3n) is 2.58. The lowest BCUT2D eigenvalue weighted by Crippen LogP contribution is -2.29. The number of aromatic nitrogens is 2. The van der Waals surface area contributed by atoms with E-state index in [0.29, 0.717) is 5.56 Å². The first kappa shape index (κ1) is 10.7. The van der Waals surface area contributed by atoms with Crippen molar-refractivity contribution >= 4 is 10.9 Å². The van der Waals surface area contributed by atoms with Gasteiger partial charge in [-0.25, -0.2) is 0 Å². The van der Waals surface area contributed by atoms with E-state index in [1.54, 1.807) is 12.3 Å². The Hall–Kier alpha value is -1.84. The van der Waals surface area contributed by atoms with Crippen LogP contribution in [-0.4, -0.2) is 10.2 Å². The molecule has 4 nitrogen and oxygen atoms in total. The Morgan fingerprint density at radius 2 is 2.06 bits per heavy atom. The Labute approximate surface area is 93.1 Å². The first-order valence-corrected chi connectivity index (χ1v) is 5.16. The molecule has 0 aliphatic carbocycles. The highest BCUT2D eigenvalue weighted by molar-refractivity contribution is 5.77. The second-order valence-corrected chi connectivity index (χ2v) is 4.96. The molecular weight excluding hydrogens is 204 g/mol. The topological polar surface area (TPSA) is 57.0 Å². The van der Waals surface area contributed by atoms with E-state index in [1.165, 1.54) is 6.20 Å². The van der Waals surface area contributed by atoms with Gasteiger partial charge in [0.05, 0.1) is 10.9 Å². The summed E-state index contributed by atoms with van der Waals surface area (Å²) in [7, 11) is 0. The van der Waals surface area contributed by atoms with Crippen molar-refractivity contribution in [2.45, 2.75) is 26.2 Å². The van der Waals surface area contributed by atoms with Gasteiger partial charge in [-0.3, -0.25) is 10.0 Å². The van der Waals surface area contributed by atoms with Gasteiger partial charge in [-0.2, -0.15) is 0 Å². The molecular formula is C12H15N2O2+. The normalized spacial score (nSPS) is 11.9. The van der Waals surface area contributed by atoms with Crippen LogP contribution in [0.15, 0.2) is 29.3 Å². The van der Waals surface area contributed by atoms with Crippen LogP contribution in [0.25, 0.3) is 10.9 Å². The van der Waals surface area contributed by atoms with Gasteiger partial charge < -0.3 is 4.98 Å². The fourth-order valence-electron chi connectivity index (χ4n) is 1.70. The highest BCUT2D eigenvalue weighted by atomic mass is 16.5. The van der Waals surface area contributed by atoms with E-state index in [9.17, 15) is 10.0 Å². The van der Waals surface area contributed by atoms with Gasteiger partial charge in [0.25, 0.3) is 5.56 Å². The molecule has 16 heavy (non-hydrogen) atoms. The van der Waals surface area contributed by atoms with E-state index in [0.717, 1.165) is 15.6 Å². The minimum Gasteiger partial charge on any atom is -0.321 e. The second-order valence-electron chi connectivity index (χ2n) is 4.96. The van der Waals surface area contributed by atoms with Crippen LogP contribution in [0.4, 0.5) is 0 Å². The molecule has 2 aromatic heterocycles. The third kappa shape index (κ3) is 1.78. The zero-order chi connectivity index (χ0) is 11.9. The van der Waals surface area contributed by atoms with Gasteiger partial charge in [0, 0.05) is 16.4 Å². The van der Waals surface area contributed by atoms with Gasteiger partial charge in [-0.15, -0.1) is 0 Å². The number of aromatic amines is 1. The summed E-state index contributed by atoms with van der Waals surface area (Å²) in [5.74, 6) is 0. The van der Waals surface area contributed by atoms with Crippen LogP contribution in [-0.2, 0) is 5.41 Å². The van der Waals surface area contributed by atoms with Crippen molar-refractivity contribution in [1.29, 1.82) is 0 Å². The number of nitrogens with one attached hydrogen (secondary N) is 1. The molecule has 0 aliphatic heterocycles. The van der Waals surface area contributed by atoms with Gasteiger partial charge in [-0.05, 0) is 11.5 Å². The van der Waals surface area contributed by atoms with E-state index in [-0.39, 0.29) is 11.0 Å². The Morgan fingerprint density at radius 3 is 2.69 bits per heavy atom. The van der Waals surface area contributed by atoms with Crippen molar-refractivity contribution in [3.63, 3.8) is 0 Å². The van der Waals surface area contributed by atoms with Crippen molar-refractivity contribution in [3.05, 3.63) is 40.4 Å². The largest absolute Gasteiger partial charge is 0.321 e. The lowest BCUT2D eigenvalue weighted by atomic mass is 9.87. The quantitative estimate of drug-likeness (QED) is 0.519. The zero-order valence-corrected chi connectivity index (χ0v) is 9.61. The Bertz CT molecular complexity index is 594. The molecule has 0 fully saturated rings. The van der Waals surface area contributed by atoms with Gasteiger partial charge >= 0.3 is 0 Å². The van der Waals surface area contributed by atoms with E-state index in [2.05, 4.69) is 4.98 Å². The summed E-state index contributed by atoms with van der Waals surface area (Å²) in [6.45, 7) is 5.96. The van der Waals surface area contributed by atoms with Gasteiger partial charge in [-0.1, -0.05) is 20.8 Å². The van der Waals surface area contributed by atoms with Gasteiger partial charge in [0.1, 0.15) is 0 Å². The average molecular weight is 219 g/mol. The van der Waals surface area contributed by atoms with Crippen LogP contribution in [0.3, 0.4) is 0 Å². The molecule has 4 heteroatoms. The highest BCUT2D eigenvalue weighted by Gasteiger charge is 2.19. The molecule has 0 saturated carbocycles. The van der Waals surface area contributed by atoms with Crippen molar-refractivity contribution in [2.24, 2.45) is 0 Å². The fraction of sp³-hybridized carbons (Fsp3) is 0.333. The van der Waals surface area contributed by atoms with Crippen LogP contribution in [0, 0.1) is 0 Å². The summed E-state index contributed by atoms with van der Waals surface area (Å²) in [4.78, 5) is 14.7. The van der Waals surface area contributed by atoms with Crippen LogP contribution < -0.4 is 10.3 Å². The van der Waals surface area contributed by atoms with E-state index < -0.39 is 0 Å². The molecule has 84 valence electrons. The lowest BCUT2D eigenvalue weighted by molar-refractivity contribution is -0.904. The number of hydrogen-bond donors (Lipinski definition) is 2. The summed E-state index contributed by atoms with van der Waals surface area (Å²) in [6.07, 6.45) is 3.05. The van der Waals surface area contributed by atoms with Crippen molar-refractivity contribution < 1.29 is 9.94 Å². The third-order valence-corrected chi connectivity index (χ3v) is 2.58. The fourth-order valence-corrected chi connectivity index (χ4v) is 1.70. The van der Waals surface area contributed by atoms with Crippen molar-refractivity contribution in [1.82, 2.24) is 4.98 Å². The summed E-state index contributed by atoms with van der Waals surface area (Å²) >= 11 is 0. The maximum Gasteiger partial charge on any atom is 0.252 e. The number of nitrogens with zero attached hydrogens (tertiary/aromatic N) is 1. The number of pyridine rings is 2. The van der Waals surface area contributed by atoms with Crippen LogP contribution in [0.2, 0.25) is 0 Å².